The summed E-state index contributed by atoms with van der Waals surface area (Å²) in [6.07, 6.45) is -1.14. The number of ether oxygens (including phenoxy) is 3. The Kier molecular flexibility index (Phi) is 3.19. The van der Waals surface area contributed by atoms with Gasteiger partial charge >= 0.3 is 5.97 Å². The Morgan fingerprint density at radius 3 is 2.81 bits per heavy atom. The van der Waals surface area contributed by atoms with Crippen molar-refractivity contribution in [2.24, 2.45) is 0 Å². The van der Waals surface area contributed by atoms with Gasteiger partial charge in [-0.05, 0) is 29.8 Å². The van der Waals surface area contributed by atoms with Crippen molar-refractivity contribution in [1.29, 1.82) is 0 Å². The summed E-state index contributed by atoms with van der Waals surface area (Å²) < 4.78 is 20.8. The number of benzene rings is 1. The van der Waals surface area contributed by atoms with Gasteiger partial charge in [0.15, 0.2) is 11.5 Å². The number of aliphatic hydroxyl groups excluding tert-OH is 1. The van der Waals surface area contributed by atoms with Gasteiger partial charge < -0.3 is 28.8 Å². The minimum Gasteiger partial charge on any atom is -0.493 e. The van der Waals surface area contributed by atoms with Crippen LogP contribution in [0.2, 0.25) is 0 Å². The molecule has 1 aliphatic heterocycles. The highest BCUT2D eigenvalue weighted by Gasteiger charge is 2.24. The van der Waals surface area contributed by atoms with E-state index in [2.05, 4.69) is 0 Å². The lowest BCUT2D eigenvalue weighted by molar-refractivity contribution is 0.0655. The number of hydrogen-bond donors (Lipinski definition) is 2. The van der Waals surface area contributed by atoms with E-state index < -0.39 is 12.1 Å². The number of carbonyl (C=O) groups is 1. The van der Waals surface area contributed by atoms with Crippen molar-refractivity contribution in [3.8, 4) is 17.2 Å². The molecular weight excluding hydrogens is 280 g/mol. The molecule has 2 aromatic rings. The number of hydrogen-bond acceptors (Lipinski definition) is 6. The fourth-order valence-corrected chi connectivity index (χ4v) is 2.09. The van der Waals surface area contributed by atoms with Gasteiger partial charge in [0.1, 0.15) is 11.9 Å². The molecular formula is C14H12O7. The molecule has 0 saturated carbocycles. The molecule has 7 nitrogen and oxygen atoms in total. The summed E-state index contributed by atoms with van der Waals surface area (Å²) in [7, 11) is 1.48. The van der Waals surface area contributed by atoms with Gasteiger partial charge in [-0.3, -0.25) is 0 Å². The third kappa shape index (κ3) is 2.27. The van der Waals surface area contributed by atoms with Gasteiger partial charge in [-0.1, -0.05) is 0 Å². The average molecular weight is 292 g/mol. The van der Waals surface area contributed by atoms with Crippen molar-refractivity contribution >= 4 is 5.97 Å². The van der Waals surface area contributed by atoms with E-state index in [0.29, 0.717) is 22.8 Å². The molecule has 7 heteroatoms. The maximum absolute atomic E-state index is 10.8. The molecule has 1 atom stereocenters. The van der Waals surface area contributed by atoms with Gasteiger partial charge in [-0.15, -0.1) is 0 Å². The molecule has 0 fully saturated rings. The summed E-state index contributed by atoms with van der Waals surface area (Å²) in [5.74, 6) is 0.0263. The highest BCUT2D eigenvalue weighted by molar-refractivity contribution is 5.84. The minimum atomic E-state index is -1.20. The first-order chi connectivity index (χ1) is 10.1. The zero-order valence-electron chi connectivity index (χ0n) is 11.0. The lowest BCUT2D eigenvalue weighted by atomic mass is 10.1. The monoisotopic (exact) mass is 292 g/mol. The molecule has 2 heterocycles. The topological polar surface area (TPSA) is 98.4 Å². The Bertz CT molecular complexity index is 689. The van der Waals surface area contributed by atoms with Crippen LogP contribution in [0, 0.1) is 0 Å². The van der Waals surface area contributed by atoms with Crippen molar-refractivity contribution in [1.82, 2.24) is 0 Å². The van der Waals surface area contributed by atoms with E-state index in [1.54, 1.807) is 12.1 Å². The zero-order valence-corrected chi connectivity index (χ0v) is 11.0. The van der Waals surface area contributed by atoms with Crippen molar-refractivity contribution in [3.63, 3.8) is 0 Å². The van der Waals surface area contributed by atoms with E-state index in [1.807, 2.05) is 0 Å². The van der Waals surface area contributed by atoms with Crippen LogP contribution in [0.5, 0.6) is 17.2 Å². The summed E-state index contributed by atoms with van der Waals surface area (Å²) >= 11 is 0. The van der Waals surface area contributed by atoms with Gasteiger partial charge in [-0.2, -0.15) is 0 Å². The maximum atomic E-state index is 10.8. The Morgan fingerprint density at radius 2 is 2.14 bits per heavy atom. The Hall–Kier alpha value is -2.67. The lowest BCUT2D eigenvalue weighted by Gasteiger charge is -2.11. The normalized spacial score (nSPS) is 14.0. The quantitative estimate of drug-likeness (QED) is 0.886. The fraction of sp³-hybridized carbons (Fsp3) is 0.214. The number of fused-ring (bicyclic) bond motifs is 1. The van der Waals surface area contributed by atoms with Crippen LogP contribution in [0.25, 0.3) is 0 Å². The molecule has 1 aromatic carbocycles. The van der Waals surface area contributed by atoms with Crippen molar-refractivity contribution < 1.29 is 33.6 Å². The molecule has 0 radical (unpaired) electrons. The van der Waals surface area contributed by atoms with Crippen LogP contribution in [-0.2, 0) is 0 Å². The number of aliphatic hydroxyl groups is 1. The predicted molar refractivity (Wildman–Crippen MR) is 68.8 cm³/mol. The molecule has 110 valence electrons. The van der Waals surface area contributed by atoms with E-state index in [4.69, 9.17) is 23.7 Å². The molecule has 0 aliphatic carbocycles. The first-order valence-corrected chi connectivity index (χ1v) is 6.08. The Morgan fingerprint density at radius 1 is 1.33 bits per heavy atom. The van der Waals surface area contributed by atoms with Gasteiger partial charge in [0, 0.05) is 0 Å². The number of rotatable bonds is 4. The third-order valence-corrected chi connectivity index (χ3v) is 3.10. The number of aromatic carboxylic acids is 1. The van der Waals surface area contributed by atoms with E-state index in [0.717, 1.165) is 0 Å². The van der Waals surface area contributed by atoms with E-state index in [9.17, 15) is 9.90 Å². The molecule has 1 aliphatic rings. The molecule has 2 N–H and O–H groups in total. The minimum absolute atomic E-state index is 0.0785. The Labute approximate surface area is 119 Å². The van der Waals surface area contributed by atoms with Crippen molar-refractivity contribution in [2.45, 2.75) is 6.10 Å². The van der Waals surface area contributed by atoms with E-state index in [1.165, 1.54) is 19.2 Å². The summed E-state index contributed by atoms with van der Waals surface area (Å²) in [4.78, 5) is 10.8. The molecule has 0 amide bonds. The molecule has 21 heavy (non-hydrogen) atoms. The Balaban J connectivity index is 1.97. The van der Waals surface area contributed by atoms with Gasteiger partial charge in [0.05, 0.1) is 7.11 Å². The summed E-state index contributed by atoms with van der Waals surface area (Å²) in [5, 5.41) is 19.1. The summed E-state index contributed by atoms with van der Waals surface area (Å²) in [6, 6.07) is 5.87. The number of carboxylic acids is 1. The standard InChI is InChI=1S/C14H12O7/c1-18-10-4-7(5-11-13(10)20-6-19-11)12(15)8-2-3-9(21-8)14(16)17/h2-5,12,15H,6H2,1H3,(H,16,17). The first-order valence-electron chi connectivity index (χ1n) is 6.08. The average Bonchev–Trinajstić information content (AvgIpc) is 3.14. The second-order valence-electron chi connectivity index (χ2n) is 4.37. The van der Waals surface area contributed by atoms with E-state index in [-0.39, 0.29) is 18.3 Å². The van der Waals surface area contributed by atoms with Crippen LogP contribution in [-0.4, -0.2) is 30.1 Å². The number of methoxy groups -OCH3 is 1. The van der Waals surface area contributed by atoms with Crippen molar-refractivity contribution in [3.05, 3.63) is 41.3 Å². The predicted octanol–water partition coefficient (Wildman–Crippen LogP) is 1.80. The molecule has 0 bridgehead atoms. The van der Waals surface area contributed by atoms with Crippen LogP contribution >= 0.6 is 0 Å². The van der Waals surface area contributed by atoms with E-state index >= 15 is 0 Å². The van der Waals surface area contributed by atoms with Crippen LogP contribution in [0.1, 0.15) is 28.0 Å². The van der Waals surface area contributed by atoms with Crippen LogP contribution in [0.3, 0.4) is 0 Å². The summed E-state index contributed by atoms with van der Waals surface area (Å²) in [6.45, 7) is 0.0785. The number of carboxylic acid groups (broad SMARTS) is 1. The smallest absolute Gasteiger partial charge is 0.371 e. The van der Waals surface area contributed by atoms with Gasteiger partial charge in [0.2, 0.25) is 18.3 Å². The molecule has 0 saturated heterocycles. The zero-order chi connectivity index (χ0) is 15.0. The molecule has 1 unspecified atom stereocenters. The third-order valence-electron chi connectivity index (χ3n) is 3.10. The second kappa shape index (κ2) is 5.02. The fourth-order valence-electron chi connectivity index (χ4n) is 2.09. The molecule has 3 rings (SSSR count). The lowest BCUT2D eigenvalue weighted by Crippen LogP contribution is -2.00. The van der Waals surface area contributed by atoms with Crippen LogP contribution in [0.15, 0.2) is 28.7 Å². The first kappa shape index (κ1) is 13.3. The largest absolute Gasteiger partial charge is 0.493 e. The molecule has 0 spiro atoms. The van der Waals surface area contributed by atoms with Crippen LogP contribution < -0.4 is 14.2 Å². The SMILES string of the molecule is COc1cc(C(O)c2ccc(C(=O)O)o2)cc2c1OCO2. The second-order valence-corrected chi connectivity index (χ2v) is 4.37. The van der Waals surface area contributed by atoms with Crippen LogP contribution in [0.4, 0.5) is 0 Å². The highest BCUT2D eigenvalue weighted by atomic mass is 16.7. The van der Waals surface area contributed by atoms with Gasteiger partial charge in [-0.25, -0.2) is 4.79 Å². The van der Waals surface area contributed by atoms with Crippen molar-refractivity contribution in [2.75, 3.05) is 13.9 Å². The maximum Gasteiger partial charge on any atom is 0.371 e. The van der Waals surface area contributed by atoms with Gasteiger partial charge in [0.25, 0.3) is 0 Å². The highest BCUT2D eigenvalue weighted by Crippen LogP contribution is 2.43. The summed E-state index contributed by atoms with van der Waals surface area (Å²) in [5.41, 5.74) is 0.447. The number of furan rings is 1. The molecule has 1 aromatic heterocycles.